The Bertz CT molecular complexity index is 1100. The maximum Gasteiger partial charge on any atom is 0.308 e. The Labute approximate surface area is 188 Å². The number of hydrogen-bond acceptors (Lipinski definition) is 8. The molecule has 0 saturated carbocycles. The molecule has 11 heteroatoms. The van der Waals surface area contributed by atoms with Crippen LogP contribution >= 0.6 is 11.6 Å². The van der Waals surface area contributed by atoms with Gasteiger partial charge in [0.15, 0.2) is 12.4 Å². The lowest BCUT2D eigenvalue weighted by atomic mass is 10.0. The number of halogens is 2. The molecule has 0 fully saturated rings. The van der Waals surface area contributed by atoms with Gasteiger partial charge in [0, 0.05) is 17.6 Å². The van der Waals surface area contributed by atoms with Gasteiger partial charge < -0.3 is 21.1 Å². The zero-order valence-electron chi connectivity index (χ0n) is 17.0. The number of anilines is 3. The van der Waals surface area contributed by atoms with Gasteiger partial charge in [0.05, 0.1) is 12.5 Å². The largest absolute Gasteiger partial charge is 0.457 e. The molecule has 0 aliphatic carbocycles. The smallest absolute Gasteiger partial charge is 0.308 e. The number of carbonyl (C=O) groups is 2. The maximum atomic E-state index is 13.0. The number of aromatic nitrogens is 3. The van der Waals surface area contributed by atoms with Crippen LogP contribution in [0.25, 0.3) is 0 Å². The van der Waals surface area contributed by atoms with Crippen LogP contribution in [0.15, 0.2) is 48.5 Å². The normalized spacial score (nSPS) is 11.5. The number of nitrogens with zero attached hydrogens (tertiary/aromatic N) is 3. The predicted molar refractivity (Wildman–Crippen MR) is 116 cm³/mol. The van der Waals surface area contributed by atoms with E-state index >= 15 is 0 Å². The number of hydrogen-bond donors (Lipinski definition) is 3. The molecule has 0 bridgehead atoms. The molecule has 2 aromatic carbocycles. The molecular formula is C21H20ClFN6O3. The molecular weight excluding hydrogens is 439 g/mol. The van der Waals surface area contributed by atoms with Crippen LogP contribution in [0, 0.1) is 5.82 Å². The second-order valence-electron chi connectivity index (χ2n) is 6.73. The zero-order valence-corrected chi connectivity index (χ0v) is 17.8. The van der Waals surface area contributed by atoms with E-state index in [4.69, 9.17) is 22.1 Å². The van der Waals surface area contributed by atoms with E-state index in [-0.39, 0.29) is 42.5 Å². The first kappa shape index (κ1) is 22.9. The van der Waals surface area contributed by atoms with Crippen molar-refractivity contribution in [1.29, 1.82) is 0 Å². The molecule has 1 unspecified atom stereocenters. The average molecular weight is 459 g/mol. The van der Waals surface area contributed by atoms with Crippen molar-refractivity contribution < 1.29 is 18.7 Å². The van der Waals surface area contributed by atoms with Gasteiger partial charge in [0.2, 0.25) is 17.8 Å². The number of nitrogens with one attached hydrogen (secondary N) is 2. The Hall–Kier alpha value is -3.79. The summed E-state index contributed by atoms with van der Waals surface area (Å²) in [6, 6.07) is 11.8. The summed E-state index contributed by atoms with van der Waals surface area (Å²) in [6.45, 7) is 1.11. The minimum Gasteiger partial charge on any atom is -0.457 e. The van der Waals surface area contributed by atoms with Gasteiger partial charge in [-0.05, 0) is 42.0 Å². The number of nitrogen functional groups attached to an aromatic ring is 1. The number of amides is 1. The van der Waals surface area contributed by atoms with E-state index < -0.39 is 12.0 Å². The van der Waals surface area contributed by atoms with Crippen LogP contribution in [-0.2, 0) is 20.9 Å². The van der Waals surface area contributed by atoms with Gasteiger partial charge in [0.25, 0.3) is 0 Å². The third-order valence-electron chi connectivity index (χ3n) is 4.18. The van der Waals surface area contributed by atoms with Crippen LogP contribution in [0.1, 0.15) is 30.8 Å². The summed E-state index contributed by atoms with van der Waals surface area (Å²) in [6.07, 6.45) is -0.109. The summed E-state index contributed by atoms with van der Waals surface area (Å²) in [5.41, 5.74) is 6.95. The van der Waals surface area contributed by atoms with Crippen molar-refractivity contribution in [1.82, 2.24) is 20.3 Å². The van der Waals surface area contributed by atoms with Crippen LogP contribution in [0.3, 0.4) is 0 Å². The van der Waals surface area contributed by atoms with E-state index in [1.807, 2.05) is 0 Å². The lowest BCUT2D eigenvalue weighted by Gasteiger charge is -2.17. The van der Waals surface area contributed by atoms with Crippen LogP contribution in [0.5, 0.6) is 0 Å². The van der Waals surface area contributed by atoms with Crippen molar-refractivity contribution in [2.45, 2.75) is 26.0 Å². The Morgan fingerprint density at radius 3 is 2.44 bits per heavy atom. The van der Waals surface area contributed by atoms with Crippen LogP contribution in [-0.4, -0.2) is 26.8 Å². The summed E-state index contributed by atoms with van der Waals surface area (Å²) >= 11 is 5.90. The number of benzene rings is 2. The number of carbonyl (C=O) groups excluding carboxylic acids is 2. The molecule has 32 heavy (non-hydrogen) atoms. The molecule has 9 nitrogen and oxygen atoms in total. The fourth-order valence-corrected chi connectivity index (χ4v) is 2.91. The van der Waals surface area contributed by atoms with Gasteiger partial charge in [0.1, 0.15) is 5.82 Å². The molecule has 3 rings (SSSR count). The SMILES string of the molecule is CC(=O)NC(CC(=O)OCc1nc(N)nc(Nc2ccc(F)cc2)n1)c1ccc(Cl)cc1. The van der Waals surface area contributed by atoms with E-state index in [2.05, 4.69) is 25.6 Å². The lowest BCUT2D eigenvalue weighted by molar-refractivity contribution is -0.146. The van der Waals surface area contributed by atoms with E-state index in [0.717, 1.165) is 0 Å². The third-order valence-corrected chi connectivity index (χ3v) is 4.43. The lowest BCUT2D eigenvalue weighted by Crippen LogP contribution is -2.28. The monoisotopic (exact) mass is 458 g/mol. The molecule has 1 atom stereocenters. The topological polar surface area (TPSA) is 132 Å². The van der Waals surface area contributed by atoms with Crippen molar-refractivity contribution in [2.75, 3.05) is 11.1 Å². The van der Waals surface area contributed by atoms with Gasteiger partial charge >= 0.3 is 5.97 Å². The van der Waals surface area contributed by atoms with E-state index in [0.29, 0.717) is 16.3 Å². The molecule has 0 spiro atoms. The summed E-state index contributed by atoms with van der Waals surface area (Å²) in [5.74, 6) is -1.09. The average Bonchev–Trinajstić information content (AvgIpc) is 2.73. The molecule has 0 radical (unpaired) electrons. The molecule has 1 heterocycles. The van der Waals surface area contributed by atoms with Crippen molar-refractivity contribution in [2.24, 2.45) is 0 Å². The highest BCUT2D eigenvalue weighted by atomic mass is 35.5. The summed E-state index contributed by atoms with van der Waals surface area (Å²) in [5, 5.41) is 6.12. The Morgan fingerprint density at radius 2 is 1.78 bits per heavy atom. The highest BCUT2D eigenvalue weighted by Gasteiger charge is 2.19. The zero-order chi connectivity index (χ0) is 23.1. The molecule has 166 valence electrons. The minimum absolute atomic E-state index is 0.0760. The van der Waals surface area contributed by atoms with Crippen molar-refractivity contribution >= 4 is 41.1 Å². The highest BCUT2D eigenvalue weighted by Crippen LogP contribution is 2.20. The fourth-order valence-electron chi connectivity index (χ4n) is 2.78. The molecule has 0 saturated heterocycles. The Balaban J connectivity index is 1.63. The van der Waals surface area contributed by atoms with Crippen LogP contribution in [0.4, 0.5) is 22.0 Å². The van der Waals surface area contributed by atoms with Gasteiger partial charge in [-0.15, -0.1) is 0 Å². The molecule has 1 amide bonds. The maximum absolute atomic E-state index is 13.0. The summed E-state index contributed by atoms with van der Waals surface area (Å²) in [4.78, 5) is 36.0. The van der Waals surface area contributed by atoms with Crippen molar-refractivity contribution in [3.8, 4) is 0 Å². The second kappa shape index (κ2) is 10.5. The molecule has 0 aliphatic heterocycles. The number of ether oxygens (including phenoxy) is 1. The van der Waals surface area contributed by atoms with E-state index in [1.165, 1.54) is 31.2 Å². The fraction of sp³-hybridized carbons (Fsp3) is 0.190. The predicted octanol–water partition coefficient (Wildman–Crippen LogP) is 3.30. The molecule has 0 aliphatic rings. The standard InChI is InChI=1S/C21H20ClFN6O3/c1-12(30)25-17(13-2-4-14(22)5-3-13)10-19(31)32-11-18-27-20(24)29-21(28-18)26-16-8-6-15(23)7-9-16/h2-9,17H,10-11H2,1H3,(H,25,30)(H3,24,26,27,28,29). The number of nitrogens with two attached hydrogens (primary N) is 1. The minimum atomic E-state index is -0.587. The highest BCUT2D eigenvalue weighted by molar-refractivity contribution is 6.30. The Kier molecular flexibility index (Phi) is 7.50. The summed E-state index contributed by atoms with van der Waals surface area (Å²) < 4.78 is 18.3. The van der Waals surface area contributed by atoms with Gasteiger partial charge in [-0.3, -0.25) is 9.59 Å². The first-order chi connectivity index (χ1) is 15.3. The Morgan fingerprint density at radius 1 is 1.09 bits per heavy atom. The van der Waals surface area contributed by atoms with Gasteiger partial charge in [-0.25, -0.2) is 4.39 Å². The van der Waals surface area contributed by atoms with Crippen molar-refractivity contribution in [3.05, 3.63) is 70.8 Å². The first-order valence-electron chi connectivity index (χ1n) is 9.49. The quantitative estimate of drug-likeness (QED) is 0.438. The van der Waals surface area contributed by atoms with E-state index in [9.17, 15) is 14.0 Å². The van der Waals surface area contributed by atoms with Gasteiger partial charge in [-0.1, -0.05) is 23.7 Å². The van der Waals surface area contributed by atoms with Crippen molar-refractivity contribution in [3.63, 3.8) is 0 Å². The van der Waals surface area contributed by atoms with Crippen LogP contribution < -0.4 is 16.4 Å². The van der Waals surface area contributed by atoms with E-state index in [1.54, 1.807) is 24.3 Å². The number of esters is 1. The first-order valence-corrected chi connectivity index (χ1v) is 9.87. The third kappa shape index (κ3) is 6.88. The number of rotatable bonds is 8. The van der Waals surface area contributed by atoms with Crippen LogP contribution in [0.2, 0.25) is 5.02 Å². The second-order valence-corrected chi connectivity index (χ2v) is 7.17. The summed E-state index contributed by atoms with van der Waals surface area (Å²) in [7, 11) is 0. The molecule has 4 N–H and O–H groups in total. The van der Waals surface area contributed by atoms with Gasteiger partial charge in [-0.2, -0.15) is 15.0 Å². The molecule has 3 aromatic rings. The molecule has 1 aromatic heterocycles.